The van der Waals surface area contributed by atoms with Crippen molar-refractivity contribution in [1.29, 1.82) is 0 Å². The predicted octanol–water partition coefficient (Wildman–Crippen LogP) is 4.73. The first kappa shape index (κ1) is 17.6. The summed E-state index contributed by atoms with van der Waals surface area (Å²) < 4.78 is 19.5. The maximum atomic E-state index is 14.4. The molecule has 0 heterocycles. The van der Waals surface area contributed by atoms with E-state index in [1.165, 1.54) is 6.07 Å². The summed E-state index contributed by atoms with van der Waals surface area (Å²) in [6.45, 7) is 0.0845. The molecule has 0 aliphatic heterocycles. The number of nitrogens with one attached hydrogen (secondary N) is 1. The summed E-state index contributed by atoms with van der Waals surface area (Å²) in [4.78, 5) is 11.8. The highest BCUT2D eigenvalue weighted by molar-refractivity contribution is 5.85. The fraction of sp³-hybridized carbons (Fsp3) is 0.0952. The first-order valence-electron chi connectivity index (χ1n) is 8.13. The Balaban J connectivity index is 1.64. The first-order chi connectivity index (χ1) is 12.7. The van der Waals surface area contributed by atoms with Gasteiger partial charge in [0.05, 0.1) is 6.61 Å². The Labute approximate surface area is 150 Å². The van der Waals surface area contributed by atoms with Gasteiger partial charge in [-0.05, 0) is 34.9 Å². The molecule has 0 saturated heterocycles. The summed E-state index contributed by atoms with van der Waals surface area (Å²) in [6, 6.07) is 20.7. The second-order valence-corrected chi connectivity index (χ2v) is 5.74. The number of hydrogen-bond donors (Lipinski definition) is 2. The van der Waals surface area contributed by atoms with E-state index in [1.54, 1.807) is 36.4 Å². The lowest BCUT2D eigenvalue weighted by Crippen LogP contribution is -2.13. The van der Waals surface area contributed by atoms with Crippen molar-refractivity contribution >= 4 is 11.8 Å². The predicted molar refractivity (Wildman–Crippen MR) is 98.0 cm³/mol. The lowest BCUT2D eigenvalue weighted by molar-refractivity contribution is 0.155. The lowest BCUT2D eigenvalue weighted by atomic mass is 10.0. The van der Waals surface area contributed by atoms with Crippen LogP contribution in [0.15, 0.2) is 72.8 Å². The van der Waals surface area contributed by atoms with Crippen LogP contribution in [0.2, 0.25) is 0 Å². The van der Waals surface area contributed by atoms with E-state index in [0.717, 1.165) is 11.1 Å². The minimum atomic E-state index is -0.645. The number of amides is 1. The van der Waals surface area contributed by atoms with Crippen LogP contribution >= 0.6 is 0 Å². The van der Waals surface area contributed by atoms with E-state index in [4.69, 9.17) is 9.84 Å². The van der Waals surface area contributed by atoms with E-state index in [2.05, 4.69) is 5.32 Å². The normalized spacial score (nSPS) is 10.4. The summed E-state index contributed by atoms with van der Waals surface area (Å²) in [6.07, 6.45) is -0.645. The molecular formula is C21H18FNO3. The van der Waals surface area contributed by atoms with Gasteiger partial charge in [0.2, 0.25) is 0 Å². The van der Waals surface area contributed by atoms with Crippen LogP contribution in [-0.2, 0) is 18.0 Å². The van der Waals surface area contributed by atoms with Gasteiger partial charge in [0.15, 0.2) is 0 Å². The molecule has 5 heteroatoms. The van der Waals surface area contributed by atoms with Crippen LogP contribution in [-0.4, -0.2) is 11.2 Å². The quantitative estimate of drug-likeness (QED) is 0.698. The lowest BCUT2D eigenvalue weighted by Gasteiger charge is -2.09. The number of ether oxygens (including phenoxy) is 1. The molecule has 0 aromatic heterocycles. The number of anilines is 1. The topological polar surface area (TPSA) is 58.6 Å². The van der Waals surface area contributed by atoms with E-state index >= 15 is 0 Å². The summed E-state index contributed by atoms with van der Waals surface area (Å²) >= 11 is 0. The first-order valence-corrected chi connectivity index (χ1v) is 8.13. The number of carbonyl (C=O) groups excluding carboxylic acids is 1. The maximum absolute atomic E-state index is 14.4. The molecule has 0 radical (unpaired) electrons. The van der Waals surface area contributed by atoms with Crippen LogP contribution in [0, 0.1) is 5.82 Å². The van der Waals surface area contributed by atoms with Gasteiger partial charge in [0.25, 0.3) is 0 Å². The third-order valence-electron chi connectivity index (χ3n) is 3.88. The zero-order chi connectivity index (χ0) is 18.4. The molecule has 0 atom stereocenters. The van der Waals surface area contributed by atoms with Crippen LogP contribution in [0.3, 0.4) is 0 Å². The molecule has 3 rings (SSSR count). The fourth-order valence-corrected chi connectivity index (χ4v) is 2.49. The minimum absolute atomic E-state index is 0.0588. The highest BCUT2D eigenvalue weighted by Crippen LogP contribution is 2.26. The third kappa shape index (κ3) is 4.46. The standard InChI is InChI=1S/C21H18FNO3/c22-20-12-18(23-21(25)26-14-16-4-2-1-3-5-16)10-11-19(20)17-8-6-15(13-24)7-9-17/h1-12,24H,13-14H2,(H,23,25). The van der Waals surface area contributed by atoms with Crippen LogP contribution in [0.4, 0.5) is 14.9 Å². The smallest absolute Gasteiger partial charge is 0.411 e. The number of benzene rings is 3. The molecule has 26 heavy (non-hydrogen) atoms. The summed E-state index contributed by atoms with van der Waals surface area (Å²) in [5.41, 5.74) is 3.05. The zero-order valence-corrected chi connectivity index (χ0v) is 14.0. The molecule has 132 valence electrons. The van der Waals surface area contributed by atoms with Gasteiger partial charge in [-0.15, -0.1) is 0 Å². The molecule has 0 unspecified atom stereocenters. The van der Waals surface area contributed by atoms with Crippen molar-refractivity contribution in [2.75, 3.05) is 5.32 Å². The van der Waals surface area contributed by atoms with E-state index < -0.39 is 11.9 Å². The average molecular weight is 351 g/mol. The second-order valence-electron chi connectivity index (χ2n) is 5.74. The van der Waals surface area contributed by atoms with Gasteiger partial charge in [-0.2, -0.15) is 0 Å². The van der Waals surface area contributed by atoms with Crippen molar-refractivity contribution in [3.8, 4) is 11.1 Å². The van der Waals surface area contributed by atoms with Gasteiger partial charge < -0.3 is 9.84 Å². The number of carbonyl (C=O) groups is 1. The Bertz CT molecular complexity index is 880. The maximum Gasteiger partial charge on any atom is 0.411 e. The van der Waals surface area contributed by atoms with Crippen LogP contribution in [0.5, 0.6) is 0 Å². The van der Waals surface area contributed by atoms with Crippen molar-refractivity contribution in [1.82, 2.24) is 0 Å². The van der Waals surface area contributed by atoms with Gasteiger partial charge in [-0.1, -0.05) is 54.6 Å². The minimum Gasteiger partial charge on any atom is -0.444 e. The van der Waals surface area contributed by atoms with Gasteiger partial charge in [0, 0.05) is 11.3 Å². The SMILES string of the molecule is O=C(Nc1ccc(-c2ccc(CO)cc2)c(F)c1)OCc1ccccc1. The molecule has 0 bridgehead atoms. The molecule has 0 fully saturated rings. The summed E-state index contributed by atoms with van der Waals surface area (Å²) in [5, 5.41) is 11.6. The highest BCUT2D eigenvalue weighted by atomic mass is 19.1. The molecule has 4 nitrogen and oxygen atoms in total. The average Bonchev–Trinajstić information content (AvgIpc) is 2.67. The number of aliphatic hydroxyl groups excluding tert-OH is 1. The second kappa shape index (κ2) is 8.27. The number of aliphatic hydroxyl groups is 1. The highest BCUT2D eigenvalue weighted by Gasteiger charge is 2.09. The fourth-order valence-electron chi connectivity index (χ4n) is 2.49. The van der Waals surface area contributed by atoms with E-state index in [-0.39, 0.29) is 13.2 Å². The summed E-state index contributed by atoms with van der Waals surface area (Å²) in [5.74, 6) is -0.456. The number of rotatable bonds is 5. The van der Waals surface area contributed by atoms with Gasteiger partial charge in [0.1, 0.15) is 12.4 Å². The summed E-state index contributed by atoms with van der Waals surface area (Å²) in [7, 11) is 0. The molecule has 0 aliphatic rings. The number of halogens is 1. The van der Waals surface area contributed by atoms with Crippen molar-refractivity contribution < 1.29 is 19.0 Å². The van der Waals surface area contributed by atoms with Crippen molar-refractivity contribution in [3.63, 3.8) is 0 Å². The molecule has 0 spiro atoms. The van der Waals surface area contributed by atoms with Crippen LogP contribution in [0.1, 0.15) is 11.1 Å². The Hall–Kier alpha value is -3.18. The third-order valence-corrected chi connectivity index (χ3v) is 3.88. The van der Waals surface area contributed by atoms with Crippen molar-refractivity contribution in [2.24, 2.45) is 0 Å². The van der Waals surface area contributed by atoms with E-state index in [1.807, 2.05) is 30.3 Å². The monoisotopic (exact) mass is 351 g/mol. The molecule has 2 N–H and O–H groups in total. The molecular weight excluding hydrogens is 333 g/mol. The molecule has 0 saturated carbocycles. The van der Waals surface area contributed by atoms with Crippen LogP contribution in [0.25, 0.3) is 11.1 Å². The largest absolute Gasteiger partial charge is 0.444 e. The van der Waals surface area contributed by atoms with E-state index in [0.29, 0.717) is 16.8 Å². The van der Waals surface area contributed by atoms with Gasteiger partial charge >= 0.3 is 6.09 Å². The Morgan fingerprint density at radius 1 is 0.962 bits per heavy atom. The van der Waals surface area contributed by atoms with Crippen LogP contribution < -0.4 is 5.32 Å². The number of hydrogen-bond acceptors (Lipinski definition) is 3. The molecule has 1 amide bonds. The van der Waals surface area contributed by atoms with Crippen molar-refractivity contribution in [3.05, 3.63) is 89.7 Å². The molecule has 3 aromatic rings. The van der Waals surface area contributed by atoms with Crippen molar-refractivity contribution in [2.45, 2.75) is 13.2 Å². The molecule has 0 aliphatic carbocycles. The Kier molecular flexibility index (Phi) is 5.61. The van der Waals surface area contributed by atoms with E-state index in [9.17, 15) is 9.18 Å². The molecule has 3 aromatic carbocycles. The Morgan fingerprint density at radius 2 is 1.69 bits per heavy atom. The van der Waals surface area contributed by atoms with Gasteiger partial charge in [-0.3, -0.25) is 5.32 Å². The zero-order valence-electron chi connectivity index (χ0n) is 14.0. The Morgan fingerprint density at radius 3 is 2.35 bits per heavy atom. The van der Waals surface area contributed by atoms with Gasteiger partial charge in [-0.25, -0.2) is 9.18 Å².